The number of ether oxygens (including phenoxy) is 2. The van der Waals surface area contributed by atoms with Gasteiger partial charge in [0, 0.05) is 23.7 Å². The average molecular weight is 242 g/mol. The van der Waals surface area contributed by atoms with Gasteiger partial charge in [0.05, 0.1) is 25.3 Å². The van der Waals surface area contributed by atoms with Crippen LogP contribution in [-0.4, -0.2) is 26.9 Å². The molecule has 0 amide bonds. The predicted octanol–water partition coefficient (Wildman–Crippen LogP) is 2.80. The van der Waals surface area contributed by atoms with Gasteiger partial charge in [-0.3, -0.25) is 0 Å². The average Bonchev–Trinajstić information content (AvgIpc) is 2.25. The lowest BCUT2D eigenvalue weighted by Gasteiger charge is -2.38. The molecule has 0 bridgehead atoms. The van der Waals surface area contributed by atoms with Crippen LogP contribution in [0.2, 0.25) is 5.02 Å². The molecular weight excluding hydrogens is 226 g/mol. The highest BCUT2D eigenvalue weighted by Crippen LogP contribution is 2.30. The summed E-state index contributed by atoms with van der Waals surface area (Å²) in [6, 6.07) is 5.70. The molecule has 4 heteroatoms. The fourth-order valence-electron chi connectivity index (χ4n) is 1.64. The minimum atomic E-state index is 0.257. The number of hydrogen-bond donors (Lipinski definition) is 1. The lowest BCUT2D eigenvalue weighted by molar-refractivity contribution is -0.0924. The molecule has 0 atom stereocenters. The van der Waals surface area contributed by atoms with Gasteiger partial charge in [-0.25, -0.2) is 0 Å². The number of benzene rings is 1. The molecule has 1 aromatic rings. The van der Waals surface area contributed by atoms with E-state index in [1.807, 2.05) is 18.2 Å². The summed E-state index contributed by atoms with van der Waals surface area (Å²) in [5.74, 6) is 0.696. The number of halogens is 1. The van der Waals surface area contributed by atoms with Crippen LogP contribution < -0.4 is 10.1 Å². The molecule has 0 unspecified atom stereocenters. The highest BCUT2D eigenvalue weighted by Gasteiger charge is 2.32. The molecule has 88 valence electrons. The maximum absolute atomic E-state index is 5.95. The highest BCUT2D eigenvalue weighted by atomic mass is 35.5. The molecule has 0 saturated carbocycles. The molecular formula is C12H16ClNO2. The normalized spacial score (nSPS) is 17.7. The van der Waals surface area contributed by atoms with E-state index >= 15 is 0 Å². The molecule has 0 radical (unpaired) electrons. The van der Waals surface area contributed by atoms with Crippen molar-refractivity contribution in [3.8, 4) is 5.75 Å². The topological polar surface area (TPSA) is 30.5 Å². The summed E-state index contributed by atoms with van der Waals surface area (Å²) in [6.45, 7) is 4.75. The Hall–Kier alpha value is -0.930. The molecule has 1 N–H and O–H groups in total. The Kier molecular flexibility index (Phi) is 3.26. The fourth-order valence-corrected chi connectivity index (χ4v) is 1.83. The van der Waals surface area contributed by atoms with Crippen molar-refractivity contribution in [1.82, 2.24) is 0 Å². The van der Waals surface area contributed by atoms with Crippen molar-refractivity contribution in [2.45, 2.75) is 6.92 Å². The van der Waals surface area contributed by atoms with E-state index in [-0.39, 0.29) is 5.41 Å². The van der Waals surface area contributed by atoms with Gasteiger partial charge in [-0.1, -0.05) is 18.5 Å². The zero-order valence-corrected chi connectivity index (χ0v) is 10.3. The fraction of sp³-hybridized carbons (Fsp3) is 0.500. The summed E-state index contributed by atoms with van der Waals surface area (Å²) >= 11 is 5.95. The van der Waals surface area contributed by atoms with E-state index in [9.17, 15) is 0 Å². The van der Waals surface area contributed by atoms with E-state index in [0.717, 1.165) is 25.4 Å². The van der Waals surface area contributed by atoms with Crippen LogP contribution in [0.5, 0.6) is 5.75 Å². The van der Waals surface area contributed by atoms with Crippen molar-refractivity contribution in [3.05, 3.63) is 23.2 Å². The van der Waals surface area contributed by atoms with Gasteiger partial charge < -0.3 is 14.8 Å². The van der Waals surface area contributed by atoms with E-state index in [4.69, 9.17) is 21.1 Å². The van der Waals surface area contributed by atoms with Crippen molar-refractivity contribution in [1.29, 1.82) is 0 Å². The Morgan fingerprint density at radius 1 is 1.50 bits per heavy atom. The molecule has 1 aliphatic rings. The zero-order chi connectivity index (χ0) is 11.6. The first-order valence-corrected chi connectivity index (χ1v) is 5.66. The van der Waals surface area contributed by atoms with Crippen LogP contribution in [0.1, 0.15) is 6.92 Å². The standard InChI is InChI=1S/C12H16ClNO2/c1-12(7-16-8-12)6-14-9-3-4-10(13)11(5-9)15-2/h3-5,14H,6-8H2,1-2H3. The first kappa shape index (κ1) is 11.6. The van der Waals surface area contributed by atoms with Crippen LogP contribution in [-0.2, 0) is 4.74 Å². The number of nitrogens with one attached hydrogen (secondary N) is 1. The summed E-state index contributed by atoms with van der Waals surface area (Å²) in [6.07, 6.45) is 0. The largest absolute Gasteiger partial charge is 0.495 e. The molecule has 0 aliphatic carbocycles. The van der Waals surface area contributed by atoms with Gasteiger partial charge in [0.25, 0.3) is 0 Å². The van der Waals surface area contributed by atoms with Crippen LogP contribution in [0.15, 0.2) is 18.2 Å². The molecule has 16 heavy (non-hydrogen) atoms. The van der Waals surface area contributed by atoms with Gasteiger partial charge in [-0.2, -0.15) is 0 Å². The monoisotopic (exact) mass is 241 g/mol. The SMILES string of the molecule is COc1cc(NCC2(C)COC2)ccc1Cl. The van der Waals surface area contributed by atoms with Gasteiger partial charge in [-0.05, 0) is 12.1 Å². The second-order valence-corrected chi connectivity index (χ2v) is 4.91. The zero-order valence-electron chi connectivity index (χ0n) is 9.55. The van der Waals surface area contributed by atoms with E-state index in [1.54, 1.807) is 7.11 Å². The second-order valence-electron chi connectivity index (χ2n) is 4.51. The van der Waals surface area contributed by atoms with E-state index in [1.165, 1.54) is 0 Å². The van der Waals surface area contributed by atoms with Gasteiger partial charge >= 0.3 is 0 Å². The van der Waals surface area contributed by atoms with Crippen molar-refractivity contribution in [2.24, 2.45) is 5.41 Å². The van der Waals surface area contributed by atoms with Gasteiger partial charge in [0.2, 0.25) is 0 Å². The molecule has 0 aromatic heterocycles. The summed E-state index contributed by atoms with van der Waals surface area (Å²) in [5, 5.41) is 4.00. The molecule has 1 aliphatic heterocycles. The molecule has 1 fully saturated rings. The van der Waals surface area contributed by atoms with Gasteiger partial charge in [0.1, 0.15) is 5.75 Å². The maximum atomic E-state index is 5.95. The third-order valence-corrected chi connectivity index (χ3v) is 3.08. The molecule has 2 rings (SSSR count). The van der Waals surface area contributed by atoms with Crippen LogP contribution in [0.3, 0.4) is 0 Å². The van der Waals surface area contributed by atoms with E-state index in [0.29, 0.717) is 10.8 Å². The summed E-state index contributed by atoms with van der Waals surface area (Å²) in [7, 11) is 1.62. The predicted molar refractivity (Wildman–Crippen MR) is 65.4 cm³/mol. The van der Waals surface area contributed by atoms with Crippen molar-refractivity contribution in [2.75, 3.05) is 32.2 Å². The number of anilines is 1. The van der Waals surface area contributed by atoms with Crippen LogP contribution in [0.4, 0.5) is 5.69 Å². The summed E-state index contributed by atoms with van der Waals surface area (Å²) in [5.41, 5.74) is 1.28. The number of rotatable bonds is 4. The number of methoxy groups -OCH3 is 1. The first-order chi connectivity index (χ1) is 7.63. The van der Waals surface area contributed by atoms with Crippen LogP contribution in [0.25, 0.3) is 0 Å². The molecule has 1 aromatic carbocycles. The summed E-state index contributed by atoms with van der Waals surface area (Å²) < 4.78 is 10.4. The Bertz CT molecular complexity index is 377. The van der Waals surface area contributed by atoms with Gasteiger partial charge in [0.15, 0.2) is 0 Å². The third kappa shape index (κ3) is 2.42. The van der Waals surface area contributed by atoms with Crippen molar-refractivity contribution in [3.63, 3.8) is 0 Å². The lowest BCUT2D eigenvalue weighted by atomic mass is 9.89. The second kappa shape index (κ2) is 4.52. The molecule has 1 saturated heterocycles. The number of hydrogen-bond acceptors (Lipinski definition) is 3. The maximum Gasteiger partial charge on any atom is 0.139 e. The van der Waals surface area contributed by atoms with Crippen molar-refractivity contribution >= 4 is 17.3 Å². The Morgan fingerprint density at radius 2 is 2.25 bits per heavy atom. The van der Waals surface area contributed by atoms with Crippen molar-refractivity contribution < 1.29 is 9.47 Å². The first-order valence-electron chi connectivity index (χ1n) is 5.28. The minimum Gasteiger partial charge on any atom is -0.495 e. The lowest BCUT2D eigenvalue weighted by Crippen LogP contribution is -2.45. The summed E-state index contributed by atoms with van der Waals surface area (Å²) in [4.78, 5) is 0. The Labute approximate surface area is 101 Å². The van der Waals surface area contributed by atoms with Crippen LogP contribution in [0, 0.1) is 5.41 Å². The van der Waals surface area contributed by atoms with Crippen LogP contribution >= 0.6 is 11.6 Å². The van der Waals surface area contributed by atoms with E-state index in [2.05, 4.69) is 12.2 Å². The molecule has 0 spiro atoms. The Balaban J connectivity index is 1.98. The molecule has 3 nitrogen and oxygen atoms in total. The third-order valence-electron chi connectivity index (χ3n) is 2.77. The minimum absolute atomic E-state index is 0.257. The Morgan fingerprint density at radius 3 is 2.81 bits per heavy atom. The van der Waals surface area contributed by atoms with Gasteiger partial charge in [-0.15, -0.1) is 0 Å². The molecule has 1 heterocycles. The quantitative estimate of drug-likeness (QED) is 0.879. The van der Waals surface area contributed by atoms with E-state index < -0.39 is 0 Å². The smallest absolute Gasteiger partial charge is 0.139 e. The highest BCUT2D eigenvalue weighted by molar-refractivity contribution is 6.32.